The number of ketones is 1. The minimum Gasteiger partial charge on any atom is -0.507 e. The van der Waals surface area contributed by atoms with Gasteiger partial charge in [0.25, 0.3) is 0 Å². The van der Waals surface area contributed by atoms with Crippen LogP contribution in [0.25, 0.3) is 11.0 Å². The average Bonchev–Trinajstić information content (AvgIpc) is 2.73. The summed E-state index contributed by atoms with van der Waals surface area (Å²) in [5, 5.41) is 10.3. The Kier molecular flexibility index (Phi) is 10.7. The quantitative estimate of drug-likeness (QED) is 0.245. The van der Waals surface area contributed by atoms with E-state index >= 15 is 0 Å². The van der Waals surface area contributed by atoms with Crippen molar-refractivity contribution in [3.05, 3.63) is 39.7 Å². The van der Waals surface area contributed by atoms with Crippen molar-refractivity contribution in [2.24, 2.45) is 0 Å². The molecule has 2 aromatic rings. The SMILES string of the molecule is CCCCCCCCC(=O)c1c(CCCCCCCC)oc2cccc(O)c2c1=O. The van der Waals surface area contributed by atoms with Crippen LogP contribution in [0.5, 0.6) is 5.75 Å². The topological polar surface area (TPSA) is 67.5 Å². The minimum absolute atomic E-state index is 0.121. The molecule has 0 spiro atoms. The summed E-state index contributed by atoms with van der Waals surface area (Å²) < 4.78 is 5.98. The lowest BCUT2D eigenvalue weighted by atomic mass is 9.98. The second-order valence-electron chi connectivity index (χ2n) is 8.34. The Hall–Kier alpha value is -2.10. The molecule has 0 aliphatic carbocycles. The fourth-order valence-electron chi connectivity index (χ4n) is 3.98. The summed E-state index contributed by atoms with van der Waals surface area (Å²) >= 11 is 0. The summed E-state index contributed by atoms with van der Waals surface area (Å²) in [6.07, 6.45) is 14.3. The molecule has 1 aromatic heterocycles. The van der Waals surface area contributed by atoms with Crippen LogP contribution < -0.4 is 5.43 Å². The normalized spacial score (nSPS) is 11.3. The van der Waals surface area contributed by atoms with Crippen molar-refractivity contribution >= 4 is 16.8 Å². The maximum atomic E-state index is 13.1. The fourth-order valence-corrected chi connectivity index (χ4v) is 3.98. The number of phenols is 1. The van der Waals surface area contributed by atoms with Gasteiger partial charge in [-0.05, 0) is 25.0 Å². The number of carbonyl (C=O) groups excluding carboxylic acids is 1. The van der Waals surface area contributed by atoms with Gasteiger partial charge in [-0.2, -0.15) is 0 Å². The van der Waals surface area contributed by atoms with Gasteiger partial charge < -0.3 is 9.52 Å². The van der Waals surface area contributed by atoms with E-state index in [1.54, 1.807) is 12.1 Å². The first-order valence-electron chi connectivity index (χ1n) is 11.9. The molecular weight excluding hydrogens is 376 g/mol. The highest BCUT2D eigenvalue weighted by molar-refractivity contribution is 6.00. The lowest BCUT2D eigenvalue weighted by Gasteiger charge is -2.10. The summed E-state index contributed by atoms with van der Waals surface area (Å²) in [4.78, 5) is 26.1. The maximum Gasteiger partial charge on any atom is 0.207 e. The van der Waals surface area contributed by atoms with Crippen LogP contribution in [0, 0.1) is 0 Å². The molecule has 0 aliphatic heterocycles. The molecule has 0 atom stereocenters. The van der Waals surface area contributed by atoms with E-state index in [0.29, 0.717) is 24.2 Å². The molecule has 166 valence electrons. The number of Topliss-reactive ketones (excluding diaryl/α,β-unsaturated/α-hetero) is 1. The average molecular weight is 415 g/mol. The Morgan fingerprint density at radius 3 is 2.13 bits per heavy atom. The molecular formula is C26H38O4. The standard InChI is InChI=1S/C26H38O4/c1-3-5-7-9-11-13-16-20(27)24-22(18-14-12-10-8-6-4-2)30-23-19-15-17-21(28)25(23)26(24)29/h15,17,19,28H,3-14,16,18H2,1-2H3. The second-order valence-corrected chi connectivity index (χ2v) is 8.34. The van der Waals surface area contributed by atoms with E-state index in [2.05, 4.69) is 13.8 Å². The van der Waals surface area contributed by atoms with Crippen LogP contribution in [-0.4, -0.2) is 10.9 Å². The van der Waals surface area contributed by atoms with Gasteiger partial charge in [0.2, 0.25) is 5.43 Å². The third kappa shape index (κ3) is 7.00. The van der Waals surface area contributed by atoms with Gasteiger partial charge in [-0.15, -0.1) is 0 Å². The Balaban J connectivity index is 2.14. The van der Waals surface area contributed by atoms with Crippen LogP contribution in [-0.2, 0) is 6.42 Å². The molecule has 4 nitrogen and oxygen atoms in total. The minimum atomic E-state index is -0.383. The predicted molar refractivity (Wildman–Crippen MR) is 124 cm³/mol. The van der Waals surface area contributed by atoms with Crippen molar-refractivity contribution in [3.63, 3.8) is 0 Å². The third-order valence-corrected chi connectivity index (χ3v) is 5.76. The van der Waals surface area contributed by atoms with Crippen molar-refractivity contribution in [1.82, 2.24) is 0 Å². The fraction of sp³-hybridized carbons (Fsp3) is 0.615. The highest BCUT2D eigenvalue weighted by Crippen LogP contribution is 2.25. The Morgan fingerprint density at radius 2 is 1.47 bits per heavy atom. The summed E-state index contributed by atoms with van der Waals surface area (Å²) in [7, 11) is 0. The molecule has 2 rings (SSSR count). The van der Waals surface area contributed by atoms with Gasteiger partial charge in [0, 0.05) is 12.8 Å². The Labute approximate surface area is 180 Å². The number of benzene rings is 1. The second kappa shape index (κ2) is 13.3. The van der Waals surface area contributed by atoms with Gasteiger partial charge in [0.15, 0.2) is 5.78 Å². The van der Waals surface area contributed by atoms with Crippen LogP contribution >= 0.6 is 0 Å². The molecule has 0 saturated carbocycles. The first kappa shape index (κ1) is 24.2. The Morgan fingerprint density at radius 1 is 0.867 bits per heavy atom. The zero-order valence-corrected chi connectivity index (χ0v) is 18.8. The van der Waals surface area contributed by atoms with Crippen molar-refractivity contribution in [1.29, 1.82) is 0 Å². The largest absolute Gasteiger partial charge is 0.507 e. The van der Waals surface area contributed by atoms with Crippen LogP contribution in [0.3, 0.4) is 0 Å². The van der Waals surface area contributed by atoms with E-state index < -0.39 is 0 Å². The summed E-state index contributed by atoms with van der Waals surface area (Å²) in [5.41, 5.74) is 0.134. The number of unbranched alkanes of at least 4 members (excludes halogenated alkanes) is 10. The lowest BCUT2D eigenvalue weighted by molar-refractivity contribution is 0.0974. The summed E-state index contributed by atoms with van der Waals surface area (Å²) in [6.45, 7) is 4.38. The van der Waals surface area contributed by atoms with Crippen molar-refractivity contribution in [2.75, 3.05) is 0 Å². The molecule has 0 unspecified atom stereocenters. The van der Waals surface area contributed by atoms with Crippen molar-refractivity contribution < 1.29 is 14.3 Å². The molecule has 1 aromatic carbocycles. The van der Waals surface area contributed by atoms with Gasteiger partial charge in [0.1, 0.15) is 28.0 Å². The van der Waals surface area contributed by atoms with E-state index in [1.807, 2.05) is 0 Å². The molecule has 0 amide bonds. The van der Waals surface area contributed by atoms with Crippen molar-refractivity contribution in [2.45, 2.75) is 104 Å². The number of fused-ring (bicyclic) bond motifs is 1. The van der Waals surface area contributed by atoms with E-state index in [9.17, 15) is 14.7 Å². The molecule has 0 radical (unpaired) electrons. The smallest absolute Gasteiger partial charge is 0.207 e. The number of hydrogen-bond donors (Lipinski definition) is 1. The molecule has 30 heavy (non-hydrogen) atoms. The molecule has 1 heterocycles. The van der Waals surface area contributed by atoms with Crippen molar-refractivity contribution in [3.8, 4) is 5.75 Å². The molecule has 0 fully saturated rings. The molecule has 0 aliphatic rings. The lowest BCUT2D eigenvalue weighted by Crippen LogP contribution is -2.19. The monoisotopic (exact) mass is 414 g/mol. The number of aryl methyl sites for hydroxylation is 1. The molecule has 0 saturated heterocycles. The van der Waals surface area contributed by atoms with E-state index in [4.69, 9.17) is 4.42 Å². The van der Waals surface area contributed by atoms with Gasteiger partial charge >= 0.3 is 0 Å². The molecule has 0 bridgehead atoms. The first-order chi connectivity index (χ1) is 14.6. The molecule has 1 N–H and O–H groups in total. The van der Waals surface area contributed by atoms with Gasteiger partial charge in [-0.3, -0.25) is 9.59 Å². The van der Waals surface area contributed by atoms with Gasteiger partial charge in [-0.25, -0.2) is 0 Å². The van der Waals surface area contributed by atoms with Crippen LogP contribution in [0.1, 0.15) is 113 Å². The summed E-state index contributed by atoms with van der Waals surface area (Å²) in [5.74, 6) is 0.218. The third-order valence-electron chi connectivity index (χ3n) is 5.76. The van der Waals surface area contributed by atoms with Crippen LogP contribution in [0.4, 0.5) is 0 Å². The van der Waals surface area contributed by atoms with Gasteiger partial charge in [0.05, 0.1) is 0 Å². The van der Waals surface area contributed by atoms with Crippen LogP contribution in [0.2, 0.25) is 0 Å². The number of rotatable bonds is 15. The predicted octanol–water partition coefficient (Wildman–Crippen LogP) is 7.33. The number of aromatic hydroxyl groups is 1. The van der Waals surface area contributed by atoms with E-state index in [-0.39, 0.29) is 27.9 Å². The number of hydrogen-bond acceptors (Lipinski definition) is 4. The highest BCUT2D eigenvalue weighted by Gasteiger charge is 2.22. The van der Waals surface area contributed by atoms with E-state index in [1.165, 1.54) is 44.6 Å². The van der Waals surface area contributed by atoms with Gasteiger partial charge in [-0.1, -0.05) is 84.1 Å². The van der Waals surface area contributed by atoms with E-state index in [0.717, 1.165) is 38.5 Å². The zero-order valence-electron chi connectivity index (χ0n) is 18.8. The maximum absolute atomic E-state index is 13.1. The zero-order chi connectivity index (χ0) is 21.8. The molecule has 4 heteroatoms. The Bertz CT molecular complexity index is 850. The first-order valence-corrected chi connectivity index (χ1v) is 11.9. The number of phenolic OH excluding ortho intramolecular Hbond substituents is 1. The summed E-state index contributed by atoms with van der Waals surface area (Å²) in [6, 6.07) is 4.81. The number of carbonyl (C=O) groups is 1. The highest BCUT2D eigenvalue weighted by atomic mass is 16.3. The van der Waals surface area contributed by atoms with Crippen LogP contribution in [0.15, 0.2) is 27.4 Å².